The normalized spacial score (nSPS) is 15.1. The first-order valence-corrected chi connectivity index (χ1v) is 12.0. The van der Waals surface area contributed by atoms with Crippen molar-refractivity contribution in [3.05, 3.63) is 72.3 Å². The molecule has 33 heavy (non-hydrogen) atoms. The van der Waals surface area contributed by atoms with Gasteiger partial charge in [0.2, 0.25) is 0 Å². The molecule has 4 rings (SSSR count). The van der Waals surface area contributed by atoms with Gasteiger partial charge in [-0.15, -0.1) is 0 Å². The quantitative estimate of drug-likeness (QED) is 0.322. The van der Waals surface area contributed by atoms with Gasteiger partial charge in [0.1, 0.15) is 18.1 Å². The Kier molecular flexibility index (Phi) is 7.99. The fourth-order valence-electron chi connectivity index (χ4n) is 4.12. The second-order valence-electron chi connectivity index (χ2n) is 8.04. The summed E-state index contributed by atoms with van der Waals surface area (Å²) in [5.41, 5.74) is 1.24. The van der Waals surface area contributed by atoms with Gasteiger partial charge in [-0.3, -0.25) is 4.79 Å². The van der Waals surface area contributed by atoms with E-state index in [9.17, 15) is 14.7 Å². The van der Waals surface area contributed by atoms with Crippen molar-refractivity contribution in [1.82, 2.24) is 9.42 Å². The molecule has 0 aromatic heterocycles. The van der Waals surface area contributed by atoms with Crippen molar-refractivity contribution in [2.75, 3.05) is 19.7 Å². The molecule has 1 aliphatic heterocycles. The topological polar surface area (TPSA) is 70.1 Å². The second kappa shape index (κ2) is 11.3. The average Bonchev–Trinajstić information content (AvgIpc) is 3.37. The van der Waals surface area contributed by atoms with Gasteiger partial charge in [0, 0.05) is 19.5 Å². The maximum absolute atomic E-state index is 11.8. The SMILES string of the molecule is O=CC(CC(=O)O)N(Sc1ccccc1OCCc1cccc2ccccc12)N1CCCC1. The van der Waals surface area contributed by atoms with Gasteiger partial charge in [0.25, 0.3) is 0 Å². The Morgan fingerprint density at radius 1 is 1.06 bits per heavy atom. The lowest BCUT2D eigenvalue weighted by atomic mass is 10.0. The molecule has 7 heteroatoms. The predicted octanol–water partition coefficient (Wildman–Crippen LogP) is 4.82. The van der Waals surface area contributed by atoms with Crippen molar-refractivity contribution in [3.8, 4) is 5.75 Å². The van der Waals surface area contributed by atoms with E-state index >= 15 is 0 Å². The van der Waals surface area contributed by atoms with Crippen LogP contribution in [0.25, 0.3) is 10.8 Å². The Balaban J connectivity index is 1.48. The zero-order chi connectivity index (χ0) is 23.0. The third kappa shape index (κ3) is 5.93. The van der Waals surface area contributed by atoms with Crippen molar-refractivity contribution in [2.24, 2.45) is 0 Å². The van der Waals surface area contributed by atoms with E-state index in [1.165, 1.54) is 28.3 Å². The fraction of sp³-hybridized carbons (Fsp3) is 0.308. The number of hydrogen-bond acceptors (Lipinski definition) is 6. The third-order valence-corrected chi connectivity index (χ3v) is 6.96. The number of nitrogens with zero attached hydrogens (tertiary/aromatic N) is 2. The van der Waals surface area contributed by atoms with Crippen LogP contribution in [0.5, 0.6) is 5.75 Å². The Hall–Kier alpha value is -2.87. The van der Waals surface area contributed by atoms with Gasteiger partial charge in [-0.1, -0.05) is 54.6 Å². The molecule has 0 spiro atoms. The fourth-order valence-corrected chi connectivity index (χ4v) is 5.21. The first-order chi connectivity index (χ1) is 16.2. The zero-order valence-corrected chi connectivity index (χ0v) is 19.2. The maximum atomic E-state index is 11.8. The number of carbonyl (C=O) groups excluding carboxylic acids is 1. The molecule has 1 fully saturated rings. The minimum absolute atomic E-state index is 0.239. The highest BCUT2D eigenvalue weighted by atomic mass is 32.2. The molecular weight excluding hydrogens is 436 g/mol. The molecule has 1 heterocycles. The summed E-state index contributed by atoms with van der Waals surface area (Å²) < 4.78 is 8.00. The summed E-state index contributed by atoms with van der Waals surface area (Å²) in [6, 6.07) is 21.6. The Bertz CT molecular complexity index is 1100. The molecule has 0 radical (unpaired) electrons. The number of benzene rings is 3. The summed E-state index contributed by atoms with van der Waals surface area (Å²) >= 11 is 1.38. The molecule has 1 aliphatic rings. The van der Waals surface area contributed by atoms with Crippen LogP contribution in [0.2, 0.25) is 0 Å². The van der Waals surface area contributed by atoms with E-state index in [2.05, 4.69) is 35.3 Å². The number of para-hydroxylation sites is 1. The molecule has 1 N–H and O–H groups in total. The zero-order valence-electron chi connectivity index (χ0n) is 18.4. The van der Waals surface area contributed by atoms with Crippen LogP contribution in [0.4, 0.5) is 0 Å². The molecule has 3 aromatic rings. The number of hydrazine groups is 1. The standard InChI is InChI=1S/C26H28N2O4S/c29-19-22(18-26(30)31)28(27-15-5-6-16-27)33-25-13-4-3-12-24(25)32-17-14-21-10-7-9-20-8-1-2-11-23(20)21/h1-4,7-13,19,22H,5-6,14-18H2,(H,30,31). The van der Waals surface area contributed by atoms with Crippen LogP contribution >= 0.6 is 11.9 Å². The summed E-state index contributed by atoms with van der Waals surface area (Å²) in [6.45, 7) is 2.13. The molecule has 172 valence electrons. The van der Waals surface area contributed by atoms with Gasteiger partial charge in [-0.2, -0.15) is 4.41 Å². The number of rotatable bonds is 11. The number of carboxylic acid groups (broad SMARTS) is 1. The smallest absolute Gasteiger partial charge is 0.305 e. The van der Waals surface area contributed by atoms with E-state index in [0.717, 1.165) is 49.3 Å². The molecule has 1 atom stereocenters. The van der Waals surface area contributed by atoms with E-state index in [1.54, 1.807) is 0 Å². The molecule has 3 aromatic carbocycles. The van der Waals surface area contributed by atoms with Crippen molar-refractivity contribution in [3.63, 3.8) is 0 Å². The van der Waals surface area contributed by atoms with Crippen LogP contribution in [-0.4, -0.2) is 52.5 Å². The molecule has 0 aliphatic carbocycles. The van der Waals surface area contributed by atoms with Gasteiger partial charge < -0.3 is 14.6 Å². The van der Waals surface area contributed by atoms with Crippen molar-refractivity contribution < 1.29 is 19.4 Å². The summed E-state index contributed by atoms with van der Waals surface area (Å²) in [5.74, 6) is -0.261. The molecule has 0 bridgehead atoms. The molecule has 1 unspecified atom stereocenters. The first kappa shape index (κ1) is 23.3. The molecule has 0 amide bonds. The van der Waals surface area contributed by atoms with Crippen molar-refractivity contribution >= 4 is 35.0 Å². The van der Waals surface area contributed by atoms with Crippen LogP contribution in [0, 0.1) is 0 Å². The number of hydrogen-bond donors (Lipinski definition) is 1. The van der Waals surface area contributed by atoms with E-state index in [4.69, 9.17) is 4.74 Å². The van der Waals surface area contributed by atoms with E-state index in [0.29, 0.717) is 6.61 Å². The second-order valence-corrected chi connectivity index (χ2v) is 9.04. The lowest BCUT2D eigenvalue weighted by molar-refractivity contribution is -0.140. The monoisotopic (exact) mass is 464 g/mol. The lowest BCUT2D eigenvalue weighted by Gasteiger charge is -2.34. The number of fused-ring (bicyclic) bond motifs is 1. The Morgan fingerprint density at radius 3 is 2.58 bits per heavy atom. The minimum atomic E-state index is -0.989. The molecule has 6 nitrogen and oxygen atoms in total. The van der Waals surface area contributed by atoms with Gasteiger partial charge >= 0.3 is 5.97 Å². The molecular formula is C26H28N2O4S. The molecule has 0 saturated carbocycles. The molecule has 1 saturated heterocycles. The van der Waals surface area contributed by atoms with Crippen LogP contribution in [0.15, 0.2) is 71.6 Å². The van der Waals surface area contributed by atoms with Gasteiger partial charge in [0.05, 0.1) is 17.9 Å². The van der Waals surface area contributed by atoms with Crippen LogP contribution in [0.1, 0.15) is 24.8 Å². The summed E-state index contributed by atoms with van der Waals surface area (Å²) in [7, 11) is 0. The van der Waals surface area contributed by atoms with Gasteiger partial charge in [-0.25, -0.2) is 5.01 Å². The number of aldehydes is 1. The number of aliphatic carboxylic acids is 1. The Morgan fingerprint density at radius 2 is 1.79 bits per heavy atom. The maximum Gasteiger partial charge on any atom is 0.305 e. The number of ether oxygens (including phenoxy) is 1. The highest BCUT2D eigenvalue weighted by molar-refractivity contribution is 7.97. The highest BCUT2D eigenvalue weighted by Gasteiger charge is 2.30. The average molecular weight is 465 g/mol. The van der Waals surface area contributed by atoms with Crippen molar-refractivity contribution in [1.29, 1.82) is 0 Å². The van der Waals surface area contributed by atoms with Crippen LogP contribution in [0.3, 0.4) is 0 Å². The van der Waals surface area contributed by atoms with Gasteiger partial charge in [-0.05, 0) is 53.3 Å². The minimum Gasteiger partial charge on any atom is -0.492 e. The summed E-state index contributed by atoms with van der Waals surface area (Å²) in [6.07, 6.45) is 3.31. The Labute approximate surface area is 198 Å². The van der Waals surface area contributed by atoms with Crippen LogP contribution in [-0.2, 0) is 16.0 Å². The number of carboxylic acids is 1. The first-order valence-electron chi connectivity index (χ1n) is 11.2. The largest absolute Gasteiger partial charge is 0.492 e. The summed E-state index contributed by atoms with van der Waals surface area (Å²) in [5, 5.41) is 13.8. The lowest BCUT2D eigenvalue weighted by Crippen LogP contribution is -2.44. The van der Waals surface area contributed by atoms with Crippen molar-refractivity contribution in [2.45, 2.75) is 36.6 Å². The highest BCUT2D eigenvalue weighted by Crippen LogP contribution is 2.35. The van der Waals surface area contributed by atoms with E-state index in [1.807, 2.05) is 40.8 Å². The van der Waals surface area contributed by atoms with Crippen LogP contribution < -0.4 is 4.74 Å². The predicted molar refractivity (Wildman–Crippen MR) is 130 cm³/mol. The van der Waals surface area contributed by atoms with Gasteiger partial charge in [0.15, 0.2) is 0 Å². The summed E-state index contributed by atoms with van der Waals surface area (Å²) in [4.78, 5) is 24.0. The third-order valence-electron chi connectivity index (χ3n) is 5.74. The van der Waals surface area contributed by atoms with E-state index < -0.39 is 12.0 Å². The van der Waals surface area contributed by atoms with E-state index in [-0.39, 0.29) is 6.42 Å². The number of carbonyl (C=O) groups is 2.